The van der Waals surface area contributed by atoms with E-state index in [1.165, 1.54) is 5.56 Å². The molecule has 4 rings (SSSR count). The SMILES string of the molecule is COc1ccc(C(=O)N2C(C(=O)Nc3ccc(C)c(C)c3)CSC2c2ccccc2)cc1. The summed E-state index contributed by atoms with van der Waals surface area (Å²) in [5, 5.41) is 2.78. The van der Waals surface area contributed by atoms with Gasteiger partial charge in [0.15, 0.2) is 0 Å². The number of carbonyl (C=O) groups is 2. The third kappa shape index (κ3) is 4.50. The van der Waals surface area contributed by atoms with Crippen LogP contribution in [-0.4, -0.2) is 35.6 Å². The number of amides is 2. The maximum Gasteiger partial charge on any atom is 0.255 e. The maximum absolute atomic E-state index is 13.6. The molecule has 0 spiro atoms. The Bertz CT molecular complexity index is 1120. The Balaban J connectivity index is 1.64. The van der Waals surface area contributed by atoms with Crippen molar-refractivity contribution in [2.75, 3.05) is 18.2 Å². The minimum atomic E-state index is -0.582. The fourth-order valence-electron chi connectivity index (χ4n) is 3.76. The van der Waals surface area contributed by atoms with Crippen molar-refractivity contribution in [1.29, 1.82) is 0 Å². The van der Waals surface area contributed by atoms with Crippen LogP contribution < -0.4 is 10.1 Å². The number of thioether (sulfide) groups is 1. The molecule has 1 aliphatic rings. The van der Waals surface area contributed by atoms with E-state index in [4.69, 9.17) is 4.74 Å². The van der Waals surface area contributed by atoms with Gasteiger partial charge in [-0.15, -0.1) is 11.8 Å². The lowest BCUT2D eigenvalue weighted by molar-refractivity contribution is -0.119. The van der Waals surface area contributed by atoms with E-state index in [1.54, 1.807) is 48.0 Å². The summed E-state index contributed by atoms with van der Waals surface area (Å²) in [6.07, 6.45) is 0. The van der Waals surface area contributed by atoms with Gasteiger partial charge in [0.25, 0.3) is 5.91 Å². The minimum Gasteiger partial charge on any atom is -0.497 e. The first kappa shape index (κ1) is 22.0. The van der Waals surface area contributed by atoms with E-state index in [2.05, 4.69) is 5.32 Å². The molecule has 0 aromatic heterocycles. The summed E-state index contributed by atoms with van der Waals surface area (Å²) in [6, 6.07) is 22.1. The number of methoxy groups -OCH3 is 1. The lowest BCUT2D eigenvalue weighted by atomic mass is 10.1. The molecule has 1 fully saturated rings. The molecule has 2 amide bonds. The molecule has 6 heteroatoms. The predicted octanol–water partition coefficient (Wildman–Crippen LogP) is 5.21. The molecule has 0 radical (unpaired) electrons. The van der Waals surface area contributed by atoms with Gasteiger partial charge in [-0.25, -0.2) is 0 Å². The molecule has 1 N–H and O–H groups in total. The average molecular weight is 447 g/mol. The standard InChI is InChI=1S/C26H26N2O3S/c1-17-9-12-21(15-18(17)2)27-24(29)23-16-32-26(20-7-5-4-6-8-20)28(23)25(30)19-10-13-22(31-3)14-11-19/h4-15,23,26H,16H2,1-3H3,(H,27,29). The molecule has 1 heterocycles. The van der Waals surface area contributed by atoms with Crippen LogP contribution in [0, 0.1) is 13.8 Å². The van der Waals surface area contributed by atoms with E-state index >= 15 is 0 Å². The van der Waals surface area contributed by atoms with Crippen LogP contribution >= 0.6 is 11.8 Å². The molecule has 164 valence electrons. The van der Waals surface area contributed by atoms with Crippen LogP contribution in [0.2, 0.25) is 0 Å². The van der Waals surface area contributed by atoms with E-state index in [0.717, 1.165) is 16.8 Å². The van der Waals surface area contributed by atoms with Gasteiger partial charge < -0.3 is 15.0 Å². The molecule has 5 nitrogen and oxygen atoms in total. The van der Waals surface area contributed by atoms with Gasteiger partial charge in [0.05, 0.1) is 7.11 Å². The van der Waals surface area contributed by atoms with Gasteiger partial charge in [-0.1, -0.05) is 36.4 Å². The first-order chi connectivity index (χ1) is 15.5. The van der Waals surface area contributed by atoms with Crippen LogP contribution in [0.15, 0.2) is 72.8 Å². The number of aryl methyl sites for hydroxylation is 2. The van der Waals surface area contributed by atoms with Crippen molar-refractivity contribution >= 4 is 29.3 Å². The summed E-state index contributed by atoms with van der Waals surface area (Å²) >= 11 is 1.61. The normalized spacial score (nSPS) is 17.8. The third-order valence-electron chi connectivity index (χ3n) is 5.73. The third-order valence-corrected chi connectivity index (χ3v) is 7.06. The van der Waals surface area contributed by atoms with Crippen molar-refractivity contribution in [1.82, 2.24) is 4.90 Å². The molecule has 0 aliphatic carbocycles. The smallest absolute Gasteiger partial charge is 0.255 e. The Morgan fingerprint density at radius 3 is 2.34 bits per heavy atom. The Hall–Kier alpha value is -3.25. The molecular weight excluding hydrogens is 420 g/mol. The summed E-state index contributed by atoms with van der Waals surface area (Å²) in [5.41, 5.74) is 4.54. The highest BCUT2D eigenvalue weighted by Gasteiger charge is 2.42. The Morgan fingerprint density at radius 2 is 1.69 bits per heavy atom. The molecule has 2 unspecified atom stereocenters. The Labute approximate surface area is 192 Å². The van der Waals surface area contributed by atoms with Gasteiger partial charge in [0.2, 0.25) is 5.91 Å². The van der Waals surface area contributed by atoms with Crippen LogP contribution in [0.4, 0.5) is 5.69 Å². The van der Waals surface area contributed by atoms with Crippen LogP contribution in [0.5, 0.6) is 5.75 Å². The van der Waals surface area contributed by atoms with Gasteiger partial charge in [-0.3, -0.25) is 9.59 Å². The minimum absolute atomic E-state index is 0.174. The van der Waals surface area contributed by atoms with Crippen LogP contribution in [0.25, 0.3) is 0 Å². The lowest BCUT2D eigenvalue weighted by Gasteiger charge is -2.29. The lowest BCUT2D eigenvalue weighted by Crippen LogP contribution is -2.45. The van der Waals surface area contributed by atoms with Crippen molar-refractivity contribution in [3.8, 4) is 5.75 Å². The van der Waals surface area contributed by atoms with Crippen LogP contribution in [0.1, 0.15) is 32.4 Å². The fourth-order valence-corrected chi connectivity index (χ4v) is 5.19. The quantitative estimate of drug-likeness (QED) is 0.585. The zero-order valence-corrected chi connectivity index (χ0v) is 19.2. The monoisotopic (exact) mass is 446 g/mol. The van der Waals surface area contributed by atoms with E-state index < -0.39 is 6.04 Å². The van der Waals surface area contributed by atoms with Crippen molar-refractivity contribution in [3.05, 3.63) is 95.1 Å². The number of rotatable bonds is 5. The first-order valence-corrected chi connectivity index (χ1v) is 11.5. The van der Waals surface area contributed by atoms with Crippen molar-refractivity contribution in [2.45, 2.75) is 25.3 Å². The molecule has 1 saturated heterocycles. The number of anilines is 1. The number of nitrogens with one attached hydrogen (secondary N) is 1. The van der Waals surface area contributed by atoms with Gasteiger partial charge in [-0.05, 0) is 66.9 Å². The van der Waals surface area contributed by atoms with Gasteiger partial charge in [0.1, 0.15) is 17.2 Å². The molecule has 3 aromatic rings. The second-order valence-electron chi connectivity index (χ2n) is 7.84. The highest BCUT2D eigenvalue weighted by atomic mass is 32.2. The Morgan fingerprint density at radius 1 is 0.969 bits per heavy atom. The second-order valence-corrected chi connectivity index (χ2v) is 8.95. The zero-order valence-electron chi connectivity index (χ0n) is 18.4. The number of nitrogens with zero attached hydrogens (tertiary/aromatic N) is 1. The number of ether oxygens (including phenoxy) is 1. The number of benzene rings is 3. The van der Waals surface area contributed by atoms with Crippen molar-refractivity contribution in [2.24, 2.45) is 0 Å². The number of carbonyl (C=O) groups excluding carboxylic acids is 2. The topological polar surface area (TPSA) is 58.6 Å². The van der Waals surface area contributed by atoms with E-state index in [9.17, 15) is 9.59 Å². The first-order valence-electron chi connectivity index (χ1n) is 10.5. The van der Waals surface area contributed by atoms with E-state index in [1.807, 2.05) is 62.4 Å². The maximum atomic E-state index is 13.6. The summed E-state index contributed by atoms with van der Waals surface area (Å²) in [5.74, 6) is 0.853. The molecule has 0 bridgehead atoms. The Kier molecular flexibility index (Phi) is 6.51. The van der Waals surface area contributed by atoms with Gasteiger partial charge in [-0.2, -0.15) is 0 Å². The molecule has 3 aromatic carbocycles. The van der Waals surface area contributed by atoms with Crippen molar-refractivity contribution < 1.29 is 14.3 Å². The molecule has 1 aliphatic heterocycles. The summed E-state index contributed by atoms with van der Waals surface area (Å²) in [6.45, 7) is 4.05. The second kappa shape index (κ2) is 9.49. The summed E-state index contributed by atoms with van der Waals surface area (Å²) in [7, 11) is 1.59. The average Bonchev–Trinajstić information content (AvgIpc) is 3.27. The van der Waals surface area contributed by atoms with E-state index in [0.29, 0.717) is 17.1 Å². The zero-order chi connectivity index (χ0) is 22.7. The highest BCUT2D eigenvalue weighted by molar-refractivity contribution is 7.99. The molecular formula is C26H26N2O3S. The highest BCUT2D eigenvalue weighted by Crippen LogP contribution is 2.42. The van der Waals surface area contributed by atoms with Gasteiger partial charge >= 0.3 is 0 Å². The summed E-state index contributed by atoms with van der Waals surface area (Å²) < 4.78 is 5.22. The van der Waals surface area contributed by atoms with Crippen LogP contribution in [-0.2, 0) is 4.79 Å². The largest absolute Gasteiger partial charge is 0.497 e. The fraction of sp³-hybridized carbons (Fsp3) is 0.231. The summed E-state index contributed by atoms with van der Waals surface area (Å²) in [4.78, 5) is 28.6. The molecule has 32 heavy (non-hydrogen) atoms. The molecule has 0 saturated carbocycles. The number of hydrogen-bond acceptors (Lipinski definition) is 4. The van der Waals surface area contributed by atoms with Gasteiger partial charge in [0, 0.05) is 17.0 Å². The number of hydrogen-bond donors (Lipinski definition) is 1. The predicted molar refractivity (Wildman–Crippen MR) is 129 cm³/mol. The van der Waals surface area contributed by atoms with Crippen molar-refractivity contribution in [3.63, 3.8) is 0 Å². The van der Waals surface area contributed by atoms with E-state index in [-0.39, 0.29) is 17.2 Å². The molecule has 2 atom stereocenters. The van der Waals surface area contributed by atoms with Crippen LogP contribution in [0.3, 0.4) is 0 Å².